The van der Waals surface area contributed by atoms with Crippen LogP contribution < -0.4 is 15.0 Å². The van der Waals surface area contributed by atoms with Crippen LogP contribution in [-0.4, -0.2) is 30.6 Å². The zero-order chi connectivity index (χ0) is 24.0. The number of aryl methyl sites for hydroxylation is 2. The fourth-order valence-electron chi connectivity index (χ4n) is 3.09. The Hall–Kier alpha value is -4.32. The van der Waals surface area contributed by atoms with Crippen LogP contribution in [0.4, 0.5) is 0 Å². The van der Waals surface area contributed by atoms with E-state index in [1.165, 1.54) is 24.1 Å². The van der Waals surface area contributed by atoms with E-state index in [2.05, 4.69) is 9.84 Å². The summed E-state index contributed by atoms with van der Waals surface area (Å²) in [6.07, 6.45) is 1.51. The van der Waals surface area contributed by atoms with E-state index in [0.717, 1.165) is 0 Å². The fourth-order valence-corrected chi connectivity index (χ4v) is 3.09. The standard InChI is InChI=1S/C24H23N3O6/c1-5-31-22-11-17(13-26-27-16(3)10-15(2)19(12-25)23(27)28)6-8-20(22)32-14-18-7-9-21(33-18)24(29)30-4/h6-11,13H,5,14H2,1-4H3/b26-13+. The van der Waals surface area contributed by atoms with Gasteiger partial charge in [-0.25, -0.2) is 9.47 Å². The monoisotopic (exact) mass is 449 g/mol. The highest BCUT2D eigenvalue weighted by molar-refractivity contribution is 5.86. The highest BCUT2D eigenvalue weighted by Crippen LogP contribution is 2.29. The molecule has 170 valence electrons. The first kappa shape index (κ1) is 23.3. The predicted octanol–water partition coefficient (Wildman–Crippen LogP) is 3.58. The summed E-state index contributed by atoms with van der Waals surface area (Å²) in [5.41, 5.74) is 1.48. The van der Waals surface area contributed by atoms with Gasteiger partial charge in [-0.1, -0.05) is 0 Å². The lowest BCUT2D eigenvalue weighted by molar-refractivity contribution is 0.0561. The number of methoxy groups -OCH3 is 1. The molecule has 1 aromatic carbocycles. The van der Waals surface area contributed by atoms with E-state index in [-0.39, 0.29) is 17.9 Å². The third kappa shape index (κ3) is 5.30. The lowest BCUT2D eigenvalue weighted by Crippen LogP contribution is -2.22. The molecule has 0 aliphatic carbocycles. The zero-order valence-corrected chi connectivity index (χ0v) is 18.7. The van der Waals surface area contributed by atoms with Gasteiger partial charge in [0.2, 0.25) is 5.76 Å². The summed E-state index contributed by atoms with van der Waals surface area (Å²) in [7, 11) is 1.28. The molecule has 0 unspecified atom stereocenters. The highest BCUT2D eigenvalue weighted by Gasteiger charge is 2.13. The van der Waals surface area contributed by atoms with Gasteiger partial charge in [-0.15, -0.1) is 0 Å². The molecule has 0 atom stereocenters. The van der Waals surface area contributed by atoms with Crippen LogP contribution in [0.25, 0.3) is 0 Å². The molecule has 2 heterocycles. The molecule has 0 N–H and O–H groups in total. The van der Waals surface area contributed by atoms with Crippen molar-refractivity contribution in [3.8, 4) is 17.6 Å². The summed E-state index contributed by atoms with van der Waals surface area (Å²) >= 11 is 0. The quantitative estimate of drug-likeness (QED) is 0.381. The lowest BCUT2D eigenvalue weighted by atomic mass is 10.1. The van der Waals surface area contributed by atoms with Gasteiger partial charge < -0.3 is 18.6 Å². The number of aromatic nitrogens is 1. The molecule has 0 saturated carbocycles. The number of pyridine rings is 1. The molecule has 0 amide bonds. The molecule has 0 aliphatic heterocycles. The third-order valence-electron chi connectivity index (χ3n) is 4.68. The van der Waals surface area contributed by atoms with Crippen molar-refractivity contribution < 1.29 is 23.4 Å². The first-order valence-corrected chi connectivity index (χ1v) is 10.1. The number of nitrogens with zero attached hydrogens (tertiary/aromatic N) is 3. The number of rotatable bonds is 8. The maximum atomic E-state index is 12.5. The second-order valence-corrected chi connectivity index (χ2v) is 7.00. The van der Waals surface area contributed by atoms with Crippen LogP contribution in [0.2, 0.25) is 0 Å². The number of carbonyl (C=O) groups is 1. The number of ether oxygens (including phenoxy) is 3. The smallest absolute Gasteiger partial charge is 0.373 e. The van der Waals surface area contributed by atoms with Crippen LogP contribution in [0.1, 0.15) is 45.6 Å². The Morgan fingerprint density at radius 3 is 2.67 bits per heavy atom. The Kier molecular flexibility index (Phi) is 7.31. The van der Waals surface area contributed by atoms with E-state index < -0.39 is 11.5 Å². The van der Waals surface area contributed by atoms with E-state index in [4.69, 9.17) is 13.9 Å². The van der Waals surface area contributed by atoms with Crippen LogP contribution in [0, 0.1) is 25.2 Å². The number of furan rings is 1. The largest absolute Gasteiger partial charge is 0.490 e. The van der Waals surface area contributed by atoms with Crippen molar-refractivity contribution in [3.05, 3.63) is 80.7 Å². The van der Waals surface area contributed by atoms with Crippen molar-refractivity contribution in [1.82, 2.24) is 4.68 Å². The van der Waals surface area contributed by atoms with Crippen molar-refractivity contribution in [2.24, 2.45) is 5.10 Å². The van der Waals surface area contributed by atoms with Gasteiger partial charge in [0.25, 0.3) is 5.56 Å². The molecule has 9 heteroatoms. The summed E-state index contributed by atoms with van der Waals surface area (Å²) in [4.78, 5) is 24.0. The van der Waals surface area contributed by atoms with Gasteiger partial charge in [0.15, 0.2) is 11.5 Å². The molecule has 0 bridgehead atoms. The molecular weight excluding hydrogens is 426 g/mol. The molecule has 0 fully saturated rings. The SMILES string of the molecule is CCOc1cc(/C=N/n2c(C)cc(C)c(C#N)c2=O)ccc1OCc1ccc(C(=O)OC)o1. The lowest BCUT2D eigenvalue weighted by Gasteiger charge is -2.12. The molecule has 3 aromatic rings. The van der Waals surface area contributed by atoms with Gasteiger partial charge in [-0.3, -0.25) is 4.79 Å². The van der Waals surface area contributed by atoms with Crippen LogP contribution in [-0.2, 0) is 11.3 Å². The Morgan fingerprint density at radius 1 is 1.18 bits per heavy atom. The number of benzene rings is 1. The van der Waals surface area contributed by atoms with Crippen LogP contribution >= 0.6 is 0 Å². The van der Waals surface area contributed by atoms with Crippen molar-refractivity contribution in [2.45, 2.75) is 27.4 Å². The van der Waals surface area contributed by atoms with Crippen molar-refractivity contribution in [3.63, 3.8) is 0 Å². The van der Waals surface area contributed by atoms with Crippen LogP contribution in [0.5, 0.6) is 11.5 Å². The Balaban J connectivity index is 1.82. The molecule has 33 heavy (non-hydrogen) atoms. The zero-order valence-electron chi connectivity index (χ0n) is 18.7. The first-order chi connectivity index (χ1) is 15.9. The van der Waals surface area contributed by atoms with Gasteiger partial charge in [0.1, 0.15) is 24.0 Å². The predicted molar refractivity (Wildman–Crippen MR) is 120 cm³/mol. The Morgan fingerprint density at radius 2 is 1.97 bits per heavy atom. The maximum absolute atomic E-state index is 12.5. The van der Waals surface area contributed by atoms with E-state index >= 15 is 0 Å². The van der Waals surface area contributed by atoms with Crippen molar-refractivity contribution in [1.29, 1.82) is 5.26 Å². The minimum atomic E-state index is -0.565. The highest BCUT2D eigenvalue weighted by atomic mass is 16.5. The second-order valence-electron chi connectivity index (χ2n) is 7.00. The van der Waals surface area contributed by atoms with Crippen molar-refractivity contribution >= 4 is 12.2 Å². The molecule has 0 radical (unpaired) electrons. The van der Waals surface area contributed by atoms with E-state index in [0.29, 0.717) is 40.7 Å². The molecule has 3 rings (SSSR count). The minimum Gasteiger partial charge on any atom is -0.490 e. The number of nitriles is 1. The average Bonchev–Trinajstić information content (AvgIpc) is 3.27. The third-order valence-corrected chi connectivity index (χ3v) is 4.68. The van der Waals surface area contributed by atoms with E-state index in [9.17, 15) is 14.9 Å². The van der Waals surface area contributed by atoms with Gasteiger partial charge in [-0.2, -0.15) is 10.4 Å². The van der Waals surface area contributed by atoms with Gasteiger partial charge in [-0.05, 0) is 68.3 Å². The van der Waals surface area contributed by atoms with E-state index in [1.54, 1.807) is 44.2 Å². The molecule has 0 aliphatic rings. The molecule has 9 nitrogen and oxygen atoms in total. The average molecular weight is 449 g/mol. The summed E-state index contributed by atoms with van der Waals surface area (Å²) in [5.74, 6) is 0.928. The van der Waals surface area contributed by atoms with Crippen LogP contribution in [0.15, 0.2) is 50.7 Å². The van der Waals surface area contributed by atoms with Crippen LogP contribution in [0.3, 0.4) is 0 Å². The number of hydrogen-bond donors (Lipinski definition) is 0. The minimum absolute atomic E-state index is 0.0600. The second kappa shape index (κ2) is 10.3. The number of hydrogen-bond acceptors (Lipinski definition) is 8. The first-order valence-electron chi connectivity index (χ1n) is 10.1. The molecule has 0 spiro atoms. The number of carbonyl (C=O) groups excluding carboxylic acids is 1. The van der Waals surface area contributed by atoms with Gasteiger partial charge in [0.05, 0.1) is 19.9 Å². The Labute approximate surface area is 190 Å². The number of esters is 1. The molecule has 2 aromatic heterocycles. The summed E-state index contributed by atoms with van der Waals surface area (Å²) in [6.45, 7) is 5.80. The summed E-state index contributed by atoms with van der Waals surface area (Å²) in [6, 6.07) is 12.0. The summed E-state index contributed by atoms with van der Waals surface area (Å²) < 4.78 is 22.7. The molecular formula is C24H23N3O6. The van der Waals surface area contributed by atoms with E-state index in [1.807, 2.05) is 13.0 Å². The van der Waals surface area contributed by atoms with Gasteiger partial charge >= 0.3 is 5.97 Å². The molecule has 0 saturated heterocycles. The normalized spacial score (nSPS) is 10.8. The summed E-state index contributed by atoms with van der Waals surface area (Å²) in [5, 5.41) is 13.5. The Bertz CT molecular complexity index is 1300. The van der Waals surface area contributed by atoms with Gasteiger partial charge in [0, 0.05) is 5.69 Å². The fraction of sp³-hybridized carbons (Fsp3) is 0.250. The van der Waals surface area contributed by atoms with Crippen molar-refractivity contribution in [2.75, 3.05) is 13.7 Å². The topological polar surface area (TPSA) is 116 Å². The maximum Gasteiger partial charge on any atom is 0.373 e.